The van der Waals surface area contributed by atoms with Crippen LogP contribution < -0.4 is 5.73 Å². The van der Waals surface area contributed by atoms with Crippen LogP contribution in [-0.4, -0.2) is 22.1 Å². The van der Waals surface area contributed by atoms with Crippen LogP contribution in [0.15, 0.2) is 53.5 Å². The lowest BCUT2D eigenvalue weighted by atomic mass is 9.91. The van der Waals surface area contributed by atoms with E-state index in [9.17, 15) is 9.59 Å². The highest BCUT2D eigenvalue weighted by atomic mass is 32.2. The fourth-order valence-electron chi connectivity index (χ4n) is 2.66. The maximum Gasteiger partial charge on any atom is 0.238 e. The van der Waals surface area contributed by atoms with Crippen molar-refractivity contribution in [3.8, 4) is 0 Å². The fourth-order valence-corrected chi connectivity index (χ4v) is 3.66. The minimum Gasteiger partial charge on any atom is -0.399 e. The Morgan fingerprint density at radius 2 is 1.57 bits per heavy atom. The number of benzene rings is 1. The van der Waals surface area contributed by atoms with Crippen molar-refractivity contribution in [1.29, 1.82) is 0 Å². The SMILES string of the molecule is CC(Sc1ccc(N)cc1)N1C(=O)C2C=CC=CC2C1=O. The summed E-state index contributed by atoms with van der Waals surface area (Å²) < 4.78 is 0. The van der Waals surface area contributed by atoms with Crippen LogP contribution in [0.3, 0.4) is 0 Å². The van der Waals surface area contributed by atoms with Crippen LogP contribution in [0.4, 0.5) is 5.69 Å². The van der Waals surface area contributed by atoms with E-state index in [1.807, 2.05) is 55.5 Å². The number of amides is 2. The first-order valence-corrected chi connectivity index (χ1v) is 7.70. The minimum absolute atomic E-state index is 0.110. The van der Waals surface area contributed by atoms with E-state index in [0.717, 1.165) is 4.90 Å². The second-order valence-corrected chi connectivity index (χ2v) is 6.54. The van der Waals surface area contributed by atoms with Crippen molar-refractivity contribution in [1.82, 2.24) is 4.90 Å². The maximum atomic E-state index is 12.4. The molecule has 1 fully saturated rings. The van der Waals surface area contributed by atoms with E-state index in [2.05, 4.69) is 0 Å². The van der Waals surface area contributed by atoms with E-state index in [1.54, 1.807) is 0 Å². The van der Waals surface area contributed by atoms with E-state index < -0.39 is 0 Å². The molecule has 3 atom stereocenters. The Balaban J connectivity index is 1.78. The van der Waals surface area contributed by atoms with Gasteiger partial charge in [0, 0.05) is 10.6 Å². The molecule has 21 heavy (non-hydrogen) atoms. The molecule has 0 saturated carbocycles. The monoisotopic (exact) mass is 300 g/mol. The molecule has 1 saturated heterocycles. The predicted octanol–water partition coefficient (Wildman–Crippen LogP) is 2.43. The van der Waals surface area contributed by atoms with Gasteiger partial charge in [0.15, 0.2) is 0 Å². The van der Waals surface area contributed by atoms with Gasteiger partial charge in [0.2, 0.25) is 11.8 Å². The molecule has 2 amide bonds. The summed E-state index contributed by atoms with van der Waals surface area (Å²) in [6.07, 6.45) is 7.28. The number of thioether (sulfide) groups is 1. The molecule has 1 aliphatic heterocycles. The average molecular weight is 300 g/mol. The van der Waals surface area contributed by atoms with Gasteiger partial charge in [0.25, 0.3) is 0 Å². The zero-order valence-corrected chi connectivity index (χ0v) is 12.4. The summed E-state index contributed by atoms with van der Waals surface area (Å²) in [6, 6.07) is 7.42. The van der Waals surface area contributed by atoms with E-state index in [4.69, 9.17) is 5.73 Å². The van der Waals surface area contributed by atoms with E-state index >= 15 is 0 Å². The van der Waals surface area contributed by atoms with E-state index in [-0.39, 0.29) is 29.0 Å². The molecule has 3 rings (SSSR count). The topological polar surface area (TPSA) is 63.4 Å². The minimum atomic E-state index is -0.336. The van der Waals surface area contributed by atoms with Crippen molar-refractivity contribution in [3.05, 3.63) is 48.6 Å². The molecule has 1 aromatic carbocycles. The van der Waals surface area contributed by atoms with Crippen molar-refractivity contribution >= 4 is 29.3 Å². The van der Waals surface area contributed by atoms with Crippen LogP contribution >= 0.6 is 11.8 Å². The second kappa shape index (κ2) is 5.41. The van der Waals surface area contributed by atoms with Crippen molar-refractivity contribution in [2.24, 2.45) is 11.8 Å². The van der Waals surface area contributed by atoms with Gasteiger partial charge in [0.05, 0.1) is 17.2 Å². The Labute approximate surface area is 127 Å². The van der Waals surface area contributed by atoms with E-state index in [1.165, 1.54) is 16.7 Å². The number of anilines is 1. The molecule has 0 aromatic heterocycles. The molecule has 0 radical (unpaired) electrons. The molecule has 2 N–H and O–H groups in total. The maximum absolute atomic E-state index is 12.4. The number of nitrogens with two attached hydrogens (primary N) is 1. The third-order valence-electron chi connectivity index (χ3n) is 3.73. The average Bonchev–Trinajstić information content (AvgIpc) is 2.74. The van der Waals surface area contributed by atoms with Gasteiger partial charge in [-0.15, -0.1) is 11.8 Å². The largest absolute Gasteiger partial charge is 0.399 e. The summed E-state index contributed by atoms with van der Waals surface area (Å²) in [7, 11) is 0. The van der Waals surface area contributed by atoms with Gasteiger partial charge >= 0.3 is 0 Å². The van der Waals surface area contributed by atoms with Gasteiger partial charge in [-0.25, -0.2) is 0 Å². The van der Waals surface area contributed by atoms with Crippen molar-refractivity contribution in [2.75, 3.05) is 5.73 Å². The zero-order chi connectivity index (χ0) is 15.0. The van der Waals surface area contributed by atoms with Gasteiger partial charge in [-0.3, -0.25) is 14.5 Å². The molecule has 1 heterocycles. The number of imide groups is 1. The first-order chi connectivity index (χ1) is 10.1. The Morgan fingerprint density at radius 3 is 2.10 bits per heavy atom. The number of allylic oxidation sites excluding steroid dienone is 2. The molecule has 108 valence electrons. The molecule has 5 heteroatoms. The number of rotatable bonds is 3. The van der Waals surface area contributed by atoms with Gasteiger partial charge in [-0.05, 0) is 31.2 Å². The summed E-state index contributed by atoms with van der Waals surface area (Å²) in [4.78, 5) is 27.2. The summed E-state index contributed by atoms with van der Waals surface area (Å²) in [5.74, 6) is -0.893. The van der Waals surface area contributed by atoms with Gasteiger partial charge in [-0.1, -0.05) is 24.3 Å². The highest BCUT2D eigenvalue weighted by Gasteiger charge is 2.47. The van der Waals surface area contributed by atoms with Crippen LogP contribution in [0.2, 0.25) is 0 Å². The number of nitrogens with zero attached hydrogens (tertiary/aromatic N) is 1. The first kappa shape index (κ1) is 13.9. The molecular formula is C16H16N2O2S. The third kappa shape index (κ3) is 2.49. The summed E-state index contributed by atoms with van der Waals surface area (Å²) >= 11 is 1.48. The van der Waals surface area contributed by atoms with Crippen LogP contribution in [0.5, 0.6) is 0 Å². The van der Waals surface area contributed by atoms with Crippen molar-refractivity contribution in [2.45, 2.75) is 17.2 Å². The van der Waals surface area contributed by atoms with Gasteiger partial charge in [-0.2, -0.15) is 0 Å². The molecule has 2 aliphatic rings. The lowest BCUT2D eigenvalue weighted by Crippen LogP contribution is -2.36. The Kier molecular flexibility index (Phi) is 3.59. The van der Waals surface area contributed by atoms with Crippen LogP contribution in [0, 0.1) is 11.8 Å². The van der Waals surface area contributed by atoms with Crippen molar-refractivity contribution in [3.63, 3.8) is 0 Å². The second-order valence-electron chi connectivity index (χ2n) is 5.15. The third-order valence-corrected chi connectivity index (χ3v) is 4.83. The van der Waals surface area contributed by atoms with Crippen LogP contribution in [0.1, 0.15) is 6.92 Å². The standard InChI is InChI=1S/C16H16N2O2S/c1-10(21-12-8-6-11(17)7-9-12)18-15(19)13-4-2-3-5-14(13)16(18)20/h2-10,13-14H,17H2,1H3. The Hall–Kier alpha value is -2.01. The molecule has 3 unspecified atom stereocenters. The number of carbonyl (C=O) groups excluding carboxylic acids is 2. The lowest BCUT2D eigenvalue weighted by molar-refractivity contribution is -0.139. The number of carbonyl (C=O) groups is 2. The molecule has 1 aromatic rings. The number of nitrogen functional groups attached to an aromatic ring is 1. The van der Waals surface area contributed by atoms with Crippen molar-refractivity contribution < 1.29 is 9.59 Å². The van der Waals surface area contributed by atoms with Gasteiger partial charge < -0.3 is 5.73 Å². The van der Waals surface area contributed by atoms with E-state index in [0.29, 0.717) is 5.69 Å². The first-order valence-electron chi connectivity index (χ1n) is 6.82. The van der Waals surface area contributed by atoms with Gasteiger partial charge in [0.1, 0.15) is 0 Å². The number of likely N-dealkylation sites (tertiary alicyclic amines) is 1. The summed E-state index contributed by atoms with van der Waals surface area (Å²) in [5.41, 5.74) is 6.36. The molecule has 0 bridgehead atoms. The molecule has 0 spiro atoms. The highest BCUT2D eigenvalue weighted by Crippen LogP contribution is 2.36. The molecular weight excluding hydrogens is 284 g/mol. The number of fused-ring (bicyclic) bond motifs is 1. The van der Waals surface area contributed by atoms with Crippen LogP contribution in [-0.2, 0) is 9.59 Å². The summed E-state index contributed by atoms with van der Waals surface area (Å²) in [5, 5.41) is -0.235. The molecule has 4 nitrogen and oxygen atoms in total. The highest BCUT2D eigenvalue weighted by molar-refractivity contribution is 7.99. The number of hydrogen-bond acceptors (Lipinski definition) is 4. The van der Waals surface area contributed by atoms with Crippen LogP contribution in [0.25, 0.3) is 0 Å². The quantitative estimate of drug-likeness (QED) is 0.529. The zero-order valence-electron chi connectivity index (χ0n) is 11.6. The summed E-state index contributed by atoms with van der Waals surface area (Å²) in [6.45, 7) is 1.88. The Bertz CT molecular complexity index is 606. The fraction of sp³-hybridized carbons (Fsp3) is 0.250. The molecule has 1 aliphatic carbocycles. The normalized spacial score (nSPS) is 25.3. The predicted molar refractivity (Wildman–Crippen MR) is 83.3 cm³/mol. The smallest absolute Gasteiger partial charge is 0.238 e. The number of hydrogen-bond donors (Lipinski definition) is 1. The lowest BCUT2D eigenvalue weighted by Gasteiger charge is -2.22. The Morgan fingerprint density at radius 1 is 1.05 bits per heavy atom.